The SMILES string of the molecule is CCNC(=O)C(C)NCCNC(=O)C1CC1. The topological polar surface area (TPSA) is 70.2 Å². The third-order valence-electron chi connectivity index (χ3n) is 2.57. The molecule has 5 nitrogen and oxygen atoms in total. The fourth-order valence-electron chi connectivity index (χ4n) is 1.38. The van der Waals surface area contributed by atoms with Crippen molar-refractivity contribution in [2.45, 2.75) is 32.7 Å². The minimum Gasteiger partial charge on any atom is -0.355 e. The molecule has 0 heterocycles. The summed E-state index contributed by atoms with van der Waals surface area (Å²) >= 11 is 0. The van der Waals surface area contributed by atoms with Crippen molar-refractivity contribution >= 4 is 11.8 Å². The van der Waals surface area contributed by atoms with Crippen LogP contribution in [-0.4, -0.2) is 37.5 Å². The summed E-state index contributed by atoms with van der Waals surface area (Å²) in [7, 11) is 0. The van der Waals surface area contributed by atoms with Crippen molar-refractivity contribution < 1.29 is 9.59 Å². The number of hydrogen-bond acceptors (Lipinski definition) is 3. The minimum atomic E-state index is -0.210. The molecule has 0 aromatic carbocycles. The van der Waals surface area contributed by atoms with E-state index in [2.05, 4.69) is 16.0 Å². The molecule has 0 aromatic heterocycles. The van der Waals surface area contributed by atoms with E-state index in [0.29, 0.717) is 19.6 Å². The fourth-order valence-corrected chi connectivity index (χ4v) is 1.38. The molecule has 16 heavy (non-hydrogen) atoms. The van der Waals surface area contributed by atoms with Gasteiger partial charge in [-0.05, 0) is 26.7 Å². The number of likely N-dealkylation sites (N-methyl/N-ethyl adjacent to an activating group) is 1. The van der Waals surface area contributed by atoms with Crippen LogP contribution in [0.1, 0.15) is 26.7 Å². The molecular formula is C11H21N3O2. The van der Waals surface area contributed by atoms with Crippen LogP contribution in [0.4, 0.5) is 0 Å². The zero-order valence-corrected chi connectivity index (χ0v) is 10.0. The van der Waals surface area contributed by atoms with Gasteiger partial charge in [-0.3, -0.25) is 9.59 Å². The number of hydrogen-bond donors (Lipinski definition) is 3. The van der Waals surface area contributed by atoms with Gasteiger partial charge in [-0.25, -0.2) is 0 Å². The normalized spacial score (nSPS) is 16.6. The van der Waals surface area contributed by atoms with Gasteiger partial charge in [-0.2, -0.15) is 0 Å². The molecule has 1 aliphatic rings. The first-order chi connectivity index (χ1) is 7.65. The van der Waals surface area contributed by atoms with Gasteiger partial charge in [0.15, 0.2) is 0 Å². The van der Waals surface area contributed by atoms with Crippen molar-refractivity contribution in [1.29, 1.82) is 0 Å². The lowest BCUT2D eigenvalue weighted by Crippen LogP contribution is -2.44. The molecule has 2 amide bonds. The largest absolute Gasteiger partial charge is 0.355 e. The van der Waals surface area contributed by atoms with Crippen molar-refractivity contribution in [2.24, 2.45) is 5.92 Å². The Morgan fingerprint density at radius 3 is 2.50 bits per heavy atom. The van der Waals surface area contributed by atoms with Gasteiger partial charge in [-0.15, -0.1) is 0 Å². The van der Waals surface area contributed by atoms with Gasteiger partial charge in [0.05, 0.1) is 6.04 Å². The van der Waals surface area contributed by atoms with Gasteiger partial charge >= 0.3 is 0 Å². The maximum Gasteiger partial charge on any atom is 0.236 e. The highest BCUT2D eigenvalue weighted by Gasteiger charge is 2.28. The van der Waals surface area contributed by atoms with E-state index in [0.717, 1.165) is 12.8 Å². The Bertz CT molecular complexity index is 252. The summed E-state index contributed by atoms with van der Waals surface area (Å²) in [6.07, 6.45) is 2.04. The molecule has 3 N–H and O–H groups in total. The minimum absolute atomic E-state index is 0.00369. The van der Waals surface area contributed by atoms with E-state index in [1.165, 1.54) is 0 Å². The highest BCUT2D eigenvalue weighted by atomic mass is 16.2. The zero-order valence-electron chi connectivity index (χ0n) is 10.0. The number of nitrogens with one attached hydrogen (secondary N) is 3. The van der Waals surface area contributed by atoms with Crippen LogP contribution in [0.2, 0.25) is 0 Å². The van der Waals surface area contributed by atoms with Crippen molar-refractivity contribution in [1.82, 2.24) is 16.0 Å². The third-order valence-corrected chi connectivity index (χ3v) is 2.57. The van der Waals surface area contributed by atoms with Crippen LogP contribution < -0.4 is 16.0 Å². The average Bonchev–Trinajstić information content (AvgIpc) is 3.07. The molecule has 1 rings (SSSR count). The lowest BCUT2D eigenvalue weighted by molar-refractivity contribution is -0.122. The summed E-state index contributed by atoms with van der Waals surface area (Å²) in [4.78, 5) is 22.6. The lowest BCUT2D eigenvalue weighted by atomic mass is 10.3. The Balaban J connectivity index is 2.01. The van der Waals surface area contributed by atoms with E-state index >= 15 is 0 Å². The van der Waals surface area contributed by atoms with E-state index in [1.54, 1.807) is 0 Å². The van der Waals surface area contributed by atoms with Crippen LogP contribution in [0.15, 0.2) is 0 Å². The van der Waals surface area contributed by atoms with Crippen LogP contribution in [0.5, 0.6) is 0 Å². The summed E-state index contributed by atoms with van der Waals surface area (Å²) in [5.41, 5.74) is 0. The van der Waals surface area contributed by atoms with Gasteiger partial charge < -0.3 is 16.0 Å². The predicted molar refractivity (Wildman–Crippen MR) is 61.9 cm³/mol. The second kappa shape index (κ2) is 6.48. The van der Waals surface area contributed by atoms with E-state index < -0.39 is 0 Å². The van der Waals surface area contributed by atoms with Crippen molar-refractivity contribution in [3.05, 3.63) is 0 Å². The first-order valence-electron chi connectivity index (χ1n) is 5.94. The first kappa shape index (κ1) is 13.0. The highest BCUT2D eigenvalue weighted by Crippen LogP contribution is 2.28. The maximum atomic E-state index is 11.3. The maximum absolute atomic E-state index is 11.3. The second-order valence-corrected chi connectivity index (χ2v) is 4.14. The molecule has 0 saturated heterocycles. The Labute approximate surface area is 96.4 Å². The Morgan fingerprint density at radius 2 is 1.94 bits per heavy atom. The van der Waals surface area contributed by atoms with Crippen LogP contribution in [-0.2, 0) is 9.59 Å². The summed E-state index contributed by atoms with van der Waals surface area (Å²) in [6.45, 7) is 5.55. The molecule has 1 atom stereocenters. The predicted octanol–water partition coefficient (Wildman–Crippen LogP) is -0.373. The molecule has 0 aliphatic heterocycles. The average molecular weight is 227 g/mol. The monoisotopic (exact) mass is 227 g/mol. The summed E-state index contributed by atoms with van der Waals surface area (Å²) in [5, 5.41) is 8.63. The van der Waals surface area contributed by atoms with Gasteiger partial charge in [0.1, 0.15) is 0 Å². The van der Waals surface area contributed by atoms with Crippen LogP contribution in [0.25, 0.3) is 0 Å². The molecule has 5 heteroatoms. The van der Waals surface area contributed by atoms with Crippen molar-refractivity contribution in [3.63, 3.8) is 0 Å². The fraction of sp³-hybridized carbons (Fsp3) is 0.818. The smallest absolute Gasteiger partial charge is 0.236 e. The van der Waals surface area contributed by atoms with E-state index in [4.69, 9.17) is 0 Å². The standard InChI is InChI=1S/C11H21N3O2/c1-3-12-10(15)8(2)13-6-7-14-11(16)9-4-5-9/h8-9,13H,3-7H2,1-2H3,(H,12,15)(H,14,16). The molecule has 1 unspecified atom stereocenters. The molecule has 0 aromatic rings. The summed E-state index contributed by atoms with van der Waals surface area (Å²) in [6, 6.07) is -0.210. The highest BCUT2D eigenvalue weighted by molar-refractivity contribution is 5.81. The van der Waals surface area contributed by atoms with Gasteiger partial charge in [-0.1, -0.05) is 0 Å². The number of carbonyl (C=O) groups is 2. The van der Waals surface area contributed by atoms with E-state index in [-0.39, 0.29) is 23.8 Å². The molecule has 0 spiro atoms. The Kier molecular flexibility index (Phi) is 5.25. The summed E-state index contributed by atoms with van der Waals surface area (Å²) < 4.78 is 0. The number of rotatable bonds is 7. The first-order valence-corrected chi connectivity index (χ1v) is 5.94. The molecule has 1 saturated carbocycles. The third kappa shape index (κ3) is 4.61. The number of carbonyl (C=O) groups excluding carboxylic acids is 2. The van der Waals surface area contributed by atoms with Gasteiger partial charge in [0.25, 0.3) is 0 Å². The second-order valence-electron chi connectivity index (χ2n) is 4.14. The Hall–Kier alpha value is -1.10. The molecule has 0 bridgehead atoms. The quantitative estimate of drug-likeness (QED) is 0.520. The van der Waals surface area contributed by atoms with Gasteiger partial charge in [0.2, 0.25) is 11.8 Å². The van der Waals surface area contributed by atoms with Crippen molar-refractivity contribution in [2.75, 3.05) is 19.6 Å². The van der Waals surface area contributed by atoms with Crippen LogP contribution in [0, 0.1) is 5.92 Å². The number of amides is 2. The lowest BCUT2D eigenvalue weighted by Gasteiger charge is -2.13. The molecule has 1 aliphatic carbocycles. The Morgan fingerprint density at radius 1 is 1.25 bits per heavy atom. The summed E-state index contributed by atoms with van der Waals surface area (Å²) in [5.74, 6) is 0.393. The van der Waals surface area contributed by atoms with Crippen molar-refractivity contribution in [3.8, 4) is 0 Å². The van der Waals surface area contributed by atoms with E-state index in [1.807, 2.05) is 13.8 Å². The van der Waals surface area contributed by atoms with Gasteiger partial charge in [0, 0.05) is 25.6 Å². The van der Waals surface area contributed by atoms with Crippen LogP contribution in [0.3, 0.4) is 0 Å². The molecule has 92 valence electrons. The van der Waals surface area contributed by atoms with E-state index in [9.17, 15) is 9.59 Å². The molecule has 1 fully saturated rings. The zero-order chi connectivity index (χ0) is 12.0. The molecule has 0 radical (unpaired) electrons. The molecular weight excluding hydrogens is 206 g/mol. The van der Waals surface area contributed by atoms with Crippen LogP contribution >= 0.6 is 0 Å².